The van der Waals surface area contributed by atoms with Gasteiger partial charge in [-0.1, -0.05) is 42.5 Å². The quantitative estimate of drug-likeness (QED) is 0.507. The lowest BCUT2D eigenvalue weighted by Crippen LogP contribution is -2.45. The first-order valence-corrected chi connectivity index (χ1v) is 12.5. The highest BCUT2D eigenvalue weighted by Crippen LogP contribution is 2.41. The molecule has 1 aromatic heterocycles. The smallest absolute Gasteiger partial charge is 0.303 e. The third-order valence-electron chi connectivity index (χ3n) is 7.49. The van der Waals surface area contributed by atoms with Crippen LogP contribution in [-0.2, 0) is 14.3 Å². The zero-order chi connectivity index (χ0) is 25.1. The predicted octanol–water partition coefficient (Wildman–Crippen LogP) is 4.24. The molecule has 2 fully saturated rings. The van der Waals surface area contributed by atoms with Gasteiger partial charge in [-0.25, -0.2) is 0 Å². The van der Waals surface area contributed by atoms with Gasteiger partial charge in [-0.15, -0.1) is 0 Å². The van der Waals surface area contributed by atoms with Crippen LogP contribution in [0.4, 0.5) is 0 Å². The number of likely N-dealkylation sites (tertiary alicyclic amines) is 2. The van der Waals surface area contributed by atoms with Crippen LogP contribution in [-0.4, -0.2) is 58.3 Å². The molecule has 7 heteroatoms. The molecule has 5 rings (SSSR count). The molecular weight excluding hydrogens is 454 g/mol. The van der Waals surface area contributed by atoms with Gasteiger partial charge in [0, 0.05) is 51.1 Å². The number of rotatable bonds is 5. The Balaban J connectivity index is 1.25. The first kappa shape index (κ1) is 23.9. The Morgan fingerprint density at radius 1 is 0.806 bits per heavy atom. The maximum Gasteiger partial charge on any atom is 0.303 e. The molecule has 2 saturated heterocycles. The molecule has 0 radical (unpaired) electrons. The Kier molecular flexibility index (Phi) is 6.63. The van der Waals surface area contributed by atoms with E-state index in [0.29, 0.717) is 37.3 Å². The van der Waals surface area contributed by atoms with Gasteiger partial charge in [0.2, 0.25) is 6.10 Å². The minimum Gasteiger partial charge on any atom is -0.447 e. The summed E-state index contributed by atoms with van der Waals surface area (Å²) in [5, 5.41) is 0. The van der Waals surface area contributed by atoms with Crippen LogP contribution in [0.2, 0.25) is 0 Å². The number of carbonyl (C=O) groups excluding carboxylic acids is 3. The normalized spacial score (nSPS) is 17.7. The number of hydrogen-bond donors (Lipinski definition) is 0. The highest BCUT2D eigenvalue weighted by atomic mass is 16.5. The van der Waals surface area contributed by atoms with Crippen molar-refractivity contribution in [3.05, 3.63) is 90.3 Å². The highest BCUT2D eigenvalue weighted by molar-refractivity contribution is 5.98. The third-order valence-corrected chi connectivity index (χ3v) is 7.49. The molecule has 0 N–H and O–H groups in total. The lowest BCUT2D eigenvalue weighted by molar-refractivity contribution is -0.159. The lowest BCUT2D eigenvalue weighted by Gasteiger charge is -2.39. The van der Waals surface area contributed by atoms with E-state index in [4.69, 9.17) is 4.74 Å². The molecule has 2 amide bonds. The Hall–Kier alpha value is -3.87. The van der Waals surface area contributed by atoms with Gasteiger partial charge in [0.1, 0.15) is 0 Å². The second-order valence-electron chi connectivity index (χ2n) is 9.81. The fourth-order valence-electron chi connectivity index (χ4n) is 5.48. The molecule has 2 aliphatic heterocycles. The molecule has 2 aliphatic rings. The number of hydrogen-bond acceptors (Lipinski definition) is 4. The summed E-state index contributed by atoms with van der Waals surface area (Å²) in [6.45, 7) is 3.90. The van der Waals surface area contributed by atoms with Gasteiger partial charge in [-0.2, -0.15) is 0 Å². The summed E-state index contributed by atoms with van der Waals surface area (Å²) >= 11 is 0. The molecule has 3 aromatic rings. The van der Waals surface area contributed by atoms with Gasteiger partial charge >= 0.3 is 5.97 Å². The minimum absolute atomic E-state index is 0.0101. The van der Waals surface area contributed by atoms with E-state index in [1.54, 1.807) is 0 Å². The lowest BCUT2D eigenvalue weighted by atomic mass is 9.77. The standard InChI is InChI=1S/C29H31N3O4/c1-22(33)36-26(23-9-3-2-4-10-23)28(35)32-20-15-29(21-32)13-18-31(19-14-29)27(34)24-11-5-6-12-25(24)30-16-7-8-17-30/h2-12,16-17,26H,13-15,18-21H2,1H3/t26-/m1/s1. The van der Waals surface area contributed by atoms with Gasteiger partial charge in [-0.3, -0.25) is 14.4 Å². The van der Waals surface area contributed by atoms with Gasteiger partial charge < -0.3 is 19.1 Å². The molecular formula is C29H31N3O4. The summed E-state index contributed by atoms with van der Waals surface area (Å²) in [6.07, 6.45) is 5.54. The highest BCUT2D eigenvalue weighted by Gasteiger charge is 2.44. The molecule has 186 valence electrons. The Labute approximate surface area is 211 Å². The van der Waals surface area contributed by atoms with E-state index in [-0.39, 0.29) is 17.2 Å². The van der Waals surface area contributed by atoms with E-state index in [0.717, 1.165) is 24.9 Å². The van der Waals surface area contributed by atoms with Crippen LogP contribution < -0.4 is 0 Å². The zero-order valence-electron chi connectivity index (χ0n) is 20.5. The monoisotopic (exact) mass is 485 g/mol. The van der Waals surface area contributed by atoms with Gasteiger partial charge in [-0.05, 0) is 48.9 Å². The van der Waals surface area contributed by atoms with Crippen molar-refractivity contribution >= 4 is 17.8 Å². The third kappa shape index (κ3) is 4.78. The van der Waals surface area contributed by atoms with Gasteiger partial charge in [0.05, 0.1) is 11.3 Å². The SMILES string of the molecule is CC(=O)O[C@@H](C(=O)N1CCC2(CCN(C(=O)c3ccccc3-n3cccc3)CC2)C1)c1ccccc1. The van der Waals surface area contributed by atoms with Crippen LogP contribution >= 0.6 is 0 Å². The van der Waals surface area contributed by atoms with Gasteiger partial charge in [0.15, 0.2) is 0 Å². The van der Waals surface area contributed by atoms with Crippen LogP contribution in [0.1, 0.15) is 48.2 Å². The summed E-state index contributed by atoms with van der Waals surface area (Å²) < 4.78 is 7.40. The number of ether oxygens (including phenoxy) is 1. The number of piperidine rings is 1. The topological polar surface area (TPSA) is 71.9 Å². The van der Waals surface area contributed by atoms with Crippen LogP contribution in [0.3, 0.4) is 0 Å². The molecule has 36 heavy (non-hydrogen) atoms. The summed E-state index contributed by atoms with van der Waals surface area (Å²) in [4.78, 5) is 42.3. The molecule has 2 aromatic carbocycles. The average molecular weight is 486 g/mol. The van der Waals surface area contributed by atoms with Crippen molar-refractivity contribution in [1.82, 2.24) is 14.4 Å². The van der Waals surface area contributed by atoms with E-state index in [2.05, 4.69) is 0 Å². The van der Waals surface area contributed by atoms with E-state index in [1.807, 2.05) is 93.5 Å². The van der Waals surface area contributed by atoms with Crippen molar-refractivity contribution in [1.29, 1.82) is 0 Å². The van der Waals surface area contributed by atoms with E-state index in [1.165, 1.54) is 6.92 Å². The van der Waals surface area contributed by atoms with Crippen molar-refractivity contribution in [2.75, 3.05) is 26.2 Å². The van der Waals surface area contributed by atoms with Crippen molar-refractivity contribution in [2.45, 2.75) is 32.3 Å². The predicted molar refractivity (Wildman–Crippen MR) is 135 cm³/mol. The summed E-state index contributed by atoms with van der Waals surface area (Å²) in [7, 11) is 0. The Bertz CT molecular complexity index is 1230. The van der Waals surface area contributed by atoms with Crippen molar-refractivity contribution < 1.29 is 19.1 Å². The second kappa shape index (κ2) is 10.0. The van der Waals surface area contributed by atoms with Crippen LogP contribution in [0.15, 0.2) is 79.1 Å². The van der Waals surface area contributed by atoms with Crippen molar-refractivity contribution in [3.63, 3.8) is 0 Å². The molecule has 0 aliphatic carbocycles. The Morgan fingerprint density at radius 2 is 1.42 bits per heavy atom. The maximum atomic E-state index is 13.4. The van der Waals surface area contributed by atoms with E-state index >= 15 is 0 Å². The average Bonchev–Trinajstić information content (AvgIpc) is 3.58. The molecule has 3 heterocycles. The number of carbonyl (C=O) groups is 3. The molecule has 1 atom stereocenters. The summed E-state index contributed by atoms with van der Waals surface area (Å²) in [5.41, 5.74) is 2.24. The summed E-state index contributed by atoms with van der Waals surface area (Å²) in [5.74, 6) is -0.607. The Morgan fingerprint density at radius 3 is 2.08 bits per heavy atom. The summed E-state index contributed by atoms with van der Waals surface area (Å²) in [6, 6.07) is 20.8. The largest absolute Gasteiger partial charge is 0.447 e. The zero-order valence-corrected chi connectivity index (χ0v) is 20.5. The van der Waals surface area contributed by atoms with Crippen LogP contribution in [0.5, 0.6) is 0 Å². The number of amides is 2. The number of esters is 1. The van der Waals surface area contributed by atoms with E-state index < -0.39 is 12.1 Å². The number of benzene rings is 2. The fraction of sp³-hybridized carbons (Fsp3) is 0.345. The molecule has 7 nitrogen and oxygen atoms in total. The van der Waals surface area contributed by atoms with E-state index in [9.17, 15) is 14.4 Å². The first-order valence-electron chi connectivity index (χ1n) is 12.5. The molecule has 1 spiro atoms. The molecule has 0 bridgehead atoms. The molecule has 0 unspecified atom stereocenters. The number of aromatic nitrogens is 1. The van der Waals surface area contributed by atoms with Crippen molar-refractivity contribution in [2.24, 2.45) is 5.41 Å². The first-order chi connectivity index (χ1) is 17.5. The van der Waals surface area contributed by atoms with Crippen LogP contribution in [0.25, 0.3) is 5.69 Å². The van der Waals surface area contributed by atoms with Gasteiger partial charge in [0.25, 0.3) is 11.8 Å². The van der Waals surface area contributed by atoms with Crippen molar-refractivity contribution in [3.8, 4) is 5.69 Å². The maximum absolute atomic E-state index is 13.4. The second-order valence-corrected chi connectivity index (χ2v) is 9.81. The molecule has 0 saturated carbocycles. The number of nitrogens with zero attached hydrogens (tertiary/aromatic N) is 3. The number of para-hydroxylation sites is 1. The van der Waals surface area contributed by atoms with Crippen LogP contribution in [0, 0.1) is 5.41 Å². The fourth-order valence-corrected chi connectivity index (χ4v) is 5.48. The minimum atomic E-state index is -0.925.